The molecule has 0 saturated carbocycles. The van der Waals surface area contributed by atoms with Crippen molar-refractivity contribution in [2.75, 3.05) is 13.7 Å². The summed E-state index contributed by atoms with van der Waals surface area (Å²) in [7, 11) is 1.72. The average Bonchev–Trinajstić information content (AvgIpc) is 2.74. The minimum absolute atomic E-state index is 0.343. The van der Waals surface area contributed by atoms with Gasteiger partial charge in [-0.3, -0.25) is 0 Å². The van der Waals surface area contributed by atoms with Crippen LogP contribution in [0.25, 0.3) is 0 Å². The summed E-state index contributed by atoms with van der Waals surface area (Å²) in [5.41, 5.74) is 5.26. The van der Waals surface area contributed by atoms with Crippen LogP contribution in [0.15, 0.2) is 72.8 Å². The third-order valence-electron chi connectivity index (χ3n) is 5.12. The van der Waals surface area contributed by atoms with Gasteiger partial charge in [0.25, 0.3) is 0 Å². The molecule has 3 aromatic rings. The molecule has 27 heavy (non-hydrogen) atoms. The Kier molecular flexibility index (Phi) is 5.40. The summed E-state index contributed by atoms with van der Waals surface area (Å²) in [4.78, 5) is 0. The summed E-state index contributed by atoms with van der Waals surface area (Å²) < 4.78 is 11.3. The number of hydrogen-bond donors (Lipinski definition) is 1. The summed E-state index contributed by atoms with van der Waals surface area (Å²) in [6, 6.07) is 25.5. The van der Waals surface area contributed by atoms with E-state index < -0.39 is 0 Å². The van der Waals surface area contributed by atoms with Crippen LogP contribution in [0.1, 0.15) is 28.3 Å². The topological polar surface area (TPSA) is 30.5 Å². The second-order valence-electron chi connectivity index (χ2n) is 6.94. The van der Waals surface area contributed by atoms with E-state index >= 15 is 0 Å². The van der Waals surface area contributed by atoms with Crippen molar-refractivity contribution >= 4 is 0 Å². The minimum Gasteiger partial charge on any atom is -0.497 e. The lowest BCUT2D eigenvalue weighted by molar-refractivity contribution is 0.306. The molecule has 138 valence electrons. The predicted molar refractivity (Wildman–Crippen MR) is 108 cm³/mol. The fourth-order valence-electron chi connectivity index (χ4n) is 3.64. The van der Waals surface area contributed by atoms with E-state index in [4.69, 9.17) is 9.47 Å². The van der Waals surface area contributed by atoms with E-state index in [1.54, 1.807) is 7.11 Å². The largest absolute Gasteiger partial charge is 0.497 e. The van der Waals surface area contributed by atoms with Gasteiger partial charge in [-0.25, -0.2) is 0 Å². The fourth-order valence-corrected chi connectivity index (χ4v) is 3.64. The molecular formula is C24H25NO2. The lowest BCUT2D eigenvalue weighted by Gasteiger charge is -2.27. The molecule has 4 rings (SSSR count). The molecule has 0 spiro atoms. The zero-order chi connectivity index (χ0) is 18.5. The summed E-state index contributed by atoms with van der Waals surface area (Å²) in [6.07, 6.45) is 2.02. The van der Waals surface area contributed by atoms with Crippen LogP contribution < -0.4 is 14.8 Å². The summed E-state index contributed by atoms with van der Waals surface area (Å²) in [5, 5.41) is 3.65. The first kappa shape index (κ1) is 17.6. The predicted octanol–water partition coefficient (Wildman–Crippen LogP) is 4.70. The zero-order valence-electron chi connectivity index (χ0n) is 15.7. The van der Waals surface area contributed by atoms with E-state index in [2.05, 4.69) is 59.9 Å². The first-order chi connectivity index (χ1) is 13.3. The molecule has 1 heterocycles. The highest BCUT2D eigenvalue weighted by Gasteiger charge is 2.20. The van der Waals surface area contributed by atoms with Crippen molar-refractivity contribution in [3.8, 4) is 11.5 Å². The van der Waals surface area contributed by atoms with Gasteiger partial charge in [-0.15, -0.1) is 0 Å². The van der Waals surface area contributed by atoms with Gasteiger partial charge in [0.2, 0.25) is 0 Å². The first-order valence-corrected chi connectivity index (χ1v) is 9.48. The van der Waals surface area contributed by atoms with Crippen LogP contribution in [0.5, 0.6) is 11.5 Å². The Balaban J connectivity index is 1.40. The van der Waals surface area contributed by atoms with Crippen molar-refractivity contribution in [3.05, 3.63) is 95.1 Å². The van der Waals surface area contributed by atoms with Crippen LogP contribution in [0, 0.1) is 0 Å². The number of methoxy groups -OCH3 is 1. The quantitative estimate of drug-likeness (QED) is 0.692. The van der Waals surface area contributed by atoms with E-state index in [9.17, 15) is 0 Å². The van der Waals surface area contributed by atoms with E-state index in [1.165, 1.54) is 22.3 Å². The third-order valence-corrected chi connectivity index (χ3v) is 5.12. The van der Waals surface area contributed by atoms with Gasteiger partial charge in [-0.2, -0.15) is 0 Å². The molecular weight excluding hydrogens is 334 g/mol. The van der Waals surface area contributed by atoms with Gasteiger partial charge in [0.15, 0.2) is 0 Å². The van der Waals surface area contributed by atoms with Crippen molar-refractivity contribution in [1.82, 2.24) is 5.32 Å². The van der Waals surface area contributed by atoms with E-state index in [0.717, 1.165) is 30.9 Å². The molecule has 3 nitrogen and oxygen atoms in total. The number of benzene rings is 3. The van der Waals surface area contributed by atoms with Gasteiger partial charge in [0.1, 0.15) is 18.1 Å². The van der Waals surface area contributed by atoms with Gasteiger partial charge in [-0.1, -0.05) is 48.5 Å². The van der Waals surface area contributed by atoms with E-state index in [-0.39, 0.29) is 0 Å². The number of hydrogen-bond acceptors (Lipinski definition) is 3. The summed E-state index contributed by atoms with van der Waals surface area (Å²) >= 11 is 0. The molecule has 1 N–H and O–H groups in total. The molecule has 3 heteroatoms. The maximum absolute atomic E-state index is 5.89. The number of fused-ring (bicyclic) bond motifs is 1. The van der Waals surface area contributed by atoms with Crippen LogP contribution in [-0.2, 0) is 19.4 Å². The standard InChI is InChI=1S/C24H25NO2/c1-26-22-11-12-23-20(16-22)13-14-25-24(23)15-18-7-9-21(10-8-18)27-17-19-5-3-2-4-6-19/h2-12,16,24-25H,13-15,17H2,1H3. The second kappa shape index (κ2) is 8.28. The Morgan fingerprint density at radius 1 is 0.889 bits per heavy atom. The number of ether oxygens (including phenoxy) is 2. The van der Waals surface area contributed by atoms with Crippen LogP contribution in [0.4, 0.5) is 0 Å². The Morgan fingerprint density at radius 2 is 1.67 bits per heavy atom. The Morgan fingerprint density at radius 3 is 2.44 bits per heavy atom. The molecule has 0 aliphatic carbocycles. The number of nitrogens with one attached hydrogen (secondary N) is 1. The van der Waals surface area contributed by atoms with Crippen LogP contribution in [-0.4, -0.2) is 13.7 Å². The second-order valence-corrected chi connectivity index (χ2v) is 6.94. The van der Waals surface area contributed by atoms with Gasteiger partial charge in [0, 0.05) is 6.04 Å². The molecule has 0 radical (unpaired) electrons. The maximum atomic E-state index is 5.89. The van der Waals surface area contributed by atoms with Crippen molar-refractivity contribution in [3.63, 3.8) is 0 Å². The molecule has 0 amide bonds. The summed E-state index contributed by atoms with van der Waals surface area (Å²) in [5.74, 6) is 1.85. The zero-order valence-corrected chi connectivity index (χ0v) is 15.7. The normalized spacial score (nSPS) is 15.8. The lowest BCUT2D eigenvalue weighted by Crippen LogP contribution is -2.31. The van der Waals surface area contributed by atoms with Crippen molar-refractivity contribution in [1.29, 1.82) is 0 Å². The molecule has 0 bridgehead atoms. The SMILES string of the molecule is COc1ccc2c(c1)CCNC2Cc1ccc(OCc2ccccc2)cc1. The molecule has 1 aliphatic heterocycles. The van der Waals surface area contributed by atoms with E-state index in [0.29, 0.717) is 12.6 Å². The van der Waals surface area contributed by atoms with Crippen molar-refractivity contribution in [2.24, 2.45) is 0 Å². The Labute approximate surface area is 161 Å². The summed E-state index contributed by atoms with van der Waals surface area (Å²) in [6.45, 7) is 1.60. The highest BCUT2D eigenvalue weighted by molar-refractivity contribution is 5.40. The molecule has 1 atom stereocenters. The maximum Gasteiger partial charge on any atom is 0.119 e. The molecule has 1 aliphatic rings. The first-order valence-electron chi connectivity index (χ1n) is 9.48. The van der Waals surface area contributed by atoms with Crippen LogP contribution >= 0.6 is 0 Å². The van der Waals surface area contributed by atoms with Crippen LogP contribution in [0.2, 0.25) is 0 Å². The number of rotatable bonds is 6. The lowest BCUT2D eigenvalue weighted by atomic mass is 9.90. The average molecular weight is 359 g/mol. The van der Waals surface area contributed by atoms with Gasteiger partial charge >= 0.3 is 0 Å². The minimum atomic E-state index is 0.343. The van der Waals surface area contributed by atoms with Gasteiger partial charge in [-0.05, 0) is 65.9 Å². The molecule has 3 aromatic carbocycles. The van der Waals surface area contributed by atoms with Crippen molar-refractivity contribution < 1.29 is 9.47 Å². The highest BCUT2D eigenvalue weighted by Crippen LogP contribution is 2.29. The van der Waals surface area contributed by atoms with Gasteiger partial charge < -0.3 is 14.8 Å². The van der Waals surface area contributed by atoms with E-state index in [1.807, 2.05) is 18.2 Å². The van der Waals surface area contributed by atoms with Gasteiger partial charge in [0.05, 0.1) is 7.11 Å². The highest BCUT2D eigenvalue weighted by atomic mass is 16.5. The fraction of sp³-hybridized carbons (Fsp3) is 0.250. The monoisotopic (exact) mass is 359 g/mol. The van der Waals surface area contributed by atoms with Crippen molar-refractivity contribution in [2.45, 2.75) is 25.5 Å². The Hall–Kier alpha value is -2.78. The molecule has 0 fully saturated rings. The third kappa shape index (κ3) is 4.32. The molecule has 1 unspecified atom stereocenters. The van der Waals surface area contributed by atoms with Crippen LogP contribution in [0.3, 0.4) is 0 Å². The Bertz CT molecular complexity index is 875. The molecule has 0 saturated heterocycles. The smallest absolute Gasteiger partial charge is 0.119 e. The molecule has 0 aromatic heterocycles.